The van der Waals surface area contributed by atoms with Gasteiger partial charge in [0.2, 0.25) is 10.0 Å². The first-order valence-corrected chi connectivity index (χ1v) is 6.54. The van der Waals surface area contributed by atoms with E-state index in [9.17, 15) is 13.2 Å². The average Bonchev–Trinajstić information content (AvgIpc) is 2.29. The summed E-state index contributed by atoms with van der Waals surface area (Å²) in [5.74, 6) is -0.441. The molecule has 1 heterocycles. The number of ether oxygens (including phenoxy) is 1. The number of nitrogens with one attached hydrogen (secondary N) is 1. The Labute approximate surface area is 99.2 Å². The number of esters is 1. The van der Waals surface area contributed by atoms with E-state index in [0.29, 0.717) is 0 Å². The van der Waals surface area contributed by atoms with Crippen LogP contribution in [-0.2, 0) is 19.6 Å². The minimum atomic E-state index is -3.50. The first kappa shape index (κ1) is 13.4. The van der Waals surface area contributed by atoms with E-state index in [4.69, 9.17) is 0 Å². The van der Waals surface area contributed by atoms with Gasteiger partial charge in [0.25, 0.3) is 0 Å². The zero-order valence-corrected chi connectivity index (χ0v) is 10.1. The van der Waals surface area contributed by atoms with Crippen molar-refractivity contribution < 1.29 is 17.9 Å². The predicted molar refractivity (Wildman–Crippen MR) is 60.7 cm³/mol. The van der Waals surface area contributed by atoms with Crippen molar-refractivity contribution in [3.63, 3.8) is 0 Å². The lowest BCUT2D eigenvalue weighted by molar-refractivity contribution is -0.140. The molecule has 1 aromatic rings. The van der Waals surface area contributed by atoms with E-state index in [1.54, 1.807) is 6.07 Å². The number of nitrogens with zero attached hydrogens (tertiary/aromatic N) is 2. The van der Waals surface area contributed by atoms with Crippen LogP contribution in [0, 0.1) is 0 Å². The highest BCUT2D eigenvalue weighted by atomic mass is 32.2. The summed E-state index contributed by atoms with van der Waals surface area (Å²) in [7, 11) is -2.24. The zero-order valence-electron chi connectivity index (χ0n) is 9.29. The van der Waals surface area contributed by atoms with Crippen molar-refractivity contribution in [3.8, 4) is 0 Å². The first-order valence-electron chi connectivity index (χ1n) is 4.88. The van der Waals surface area contributed by atoms with Crippen LogP contribution in [0.2, 0.25) is 0 Å². The van der Waals surface area contributed by atoms with Gasteiger partial charge in [0, 0.05) is 12.6 Å². The molecule has 0 aliphatic heterocycles. The van der Waals surface area contributed by atoms with E-state index in [0.717, 1.165) is 0 Å². The highest BCUT2D eigenvalue weighted by Gasteiger charge is 2.12. The second-order valence-electron chi connectivity index (χ2n) is 3.21. The van der Waals surface area contributed by atoms with Gasteiger partial charge in [-0.25, -0.2) is 8.42 Å². The summed E-state index contributed by atoms with van der Waals surface area (Å²) in [5, 5.41) is 7.13. The molecule has 0 bridgehead atoms. The molecule has 0 fully saturated rings. The number of anilines is 1. The second-order valence-corrected chi connectivity index (χ2v) is 5.05. The molecule has 1 aromatic heterocycles. The lowest BCUT2D eigenvalue weighted by atomic mass is 10.3. The fourth-order valence-electron chi connectivity index (χ4n) is 1.07. The van der Waals surface area contributed by atoms with Crippen LogP contribution in [-0.4, -0.2) is 37.4 Å². The van der Waals surface area contributed by atoms with E-state index >= 15 is 0 Å². The summed E-state index contributed by atoms with van der Waals surface area (Å²) in [6, 6.07) is 3.06. The monoisotopic (exact) mass is 259 g/mol. The molecule has 94 valence electrons. The van der Waals surface area contributed by atoms with Crippen LogP contribution < -0.4 is 4.72 Å². The van der Waals surface area contributed by atoms with Gasteiger partial charge < -0.3 is 4.74 Å². The third-order valence-electron chi connectivity index (χ3n) is 1.85. The topological polar surface area (TPSA) is 98.2 Å². The number of hydrogen-bond donors (Lipinski definition) is 1. The standard InChI is InChI=1S/C9H13N3O4S/c1-16-9(13)5-3-7-17(14,15)12-8-4-2-6-10-11-8/h2,4,6H,3,5,7H2,1H3,(H,11,12). The Morgan fingerprint density at radius 1 is 1.53 bits per heavy atom. The highest BCUT2D eigenvalue weighted by Crippen LogP contribution is 2.04. The van der Waals surface area contributed by atoms with Gasteiger partial charge in [0.1, 0.15) is 0 Å². The van der Waals surface area contributed by atoms with Crippen LogP contribution in [0.15, 0.2) is 18.3 Å². The minimum Gasteiger partial charge on any atom is -0.469 e. The van der Waals surface area contributed by atoms with Crippen LogP contribution in [0.1, 0.15) is 12.8 Å². The minimum absolute atomic E-state index is 0.0673. The summed E-state index contributed by atoms with van der Waals surface area (Å²) in [6.45, 7) is 0. The van der Waals surface area contributed by atoms with Gasteiger partial charge in [0.15, 0.2) is 5.82 Å². The van der Waals surface area contributed by atoms with E-state index in [-0.39, 0.29) is 24.4 Å². The smallest absolute Gasteiger partial charge is 0.305 e. The molecule has 17 heavy (non-hydrogen) atoms. The molecule has 1 rings (SSSR count). The maximum atomic E-state index is 11.5. The third kappa shape index (κ3) is 5.25. The largest absolute Gasteiger partial charge is 0.469 e. The quantitative estimate of drug-likeness (QED) is 0.731. The van der Waals surface area contributed by atoms with Crippen molar-refractivity contribution in [2.75, 3.05) is 17.6 Å². The fourth-order valence-corrected chi connectivity index (χ4v) is 2.13. The number of carbonyl (C=O) groups is 1. The van der Waals surface area contributed by atoms with Gasteiger partial charge >= 0.3 is 5.97 Å². The lowest BCUT2D eigenvalue weighted by Gasteiger charge is -2.05. The average molecular weight is 259 g/mol. The molecule has 0 amide bonds. The fraction of sp³-hybridized carbons (Fsp3) is 0.444. The van der Waals surface area contributed by atoms with Gasteiger partial charge in [-0.2, -0.15) is 5.10 Å². The molecule has 0 unspecified atom stereocenters. The first-order chi connectivity index (χ1) is 8.03. The van der Waals surface area contributed by atoms with Gasteiger partial charge in [0.05, 0.1) is 12.9 Å². The molecule has 0 atom stereocenters. The molecule has 1 N–H and O–H groups in total. The van der Waals surface area contributed by atoms with Crippen LogP contribution >= 0.6 is 0 Å². The summed E-state index contributed by atoms with van der Waals surface area (Å²) in [6.07, 6.45) is 1.70. The van der Waals surface area contributed by atoms with Gasteiger partial charge in [-0.15, -0.1) is 5.10 Å². The molecule has 0 aliphatic carbocycles. The van der Waals surface area contributed by atoms with E-state index < -0.39 is 16.0 Å². The molecule has 0 saturated heterocycles. The predicted octanol–water partition coefficient (Wildman–Crippen LogP) is 0.171. The molecular formula is C9H13N3O4S. The third-order valence-corrected chi connectivity index (χ3v) is 3.20. The number of methoxy groups -OCH3 is 1. The molecular weight excluding hydrogens is 246 g/mol. The number of rotatable bonds is 6. The molecule has 0 saturated carbocycles. The Morgan fingerprint density at radius 2 is 2.29 bits per heavy atom. The van der Waals surface area contributed by atoms with Crippen molar-refractivity contribution in [2.45, 2.75) is 12.8 Å². The number of aromatic nitrogens is 2. The number of sulfonamides is 1. The van der Waals surface area contributed by atoms with Crippen LogP contribution in [0.5, 0.6) is 0 Å². The molecule has 0 radical (unpaired) electrons. The zero-order chi connectivity index (χ0) is 12.7. The van der Waals surface area contributed by atoms with E-state index in [1.807, 2.05) is 0 Å². The highest BCUT2D eigenvalue weighted by molar-refractivity contribution is 7.92. The van der Waals surface area contributed by atoms with Crippen LogP contribution in [0.4, 0.5) is 5.82 Å². The molecule has 7 nitrogen and oxygen atoms in total. The van der Waals surface area contributed by atoms with E-state index in [1.165, 1.54) is 19.4 Å². The number of hydrogen-bond acceptors (Lipinski definition) is 6. The van der Waals surface area contributed by atoms with Crippen molar-refractivity contribution in [2.24, 2.45) is 0 Å². The van der Waals surface area contributed by atoms with Gasteiger partial charge in [-0.05, 0) is 18.6 Å². The Balaban J connectivity index is 2.44. The van der Waals surface area contributed by atoms with Crippen molar-refractivity contribution >= 4 is 21.8 Å². The van der Waals surface area contributed by atoms with Crippen molar-refractivity contribution in [3.05, 3.63) is 18.3 Å². The molecule has 0 aliphatic rings. The summed E-state index contributed by atoms with van der Waals surface area (Å²) in [5.41, 5.74) is 0. The molecule has 0 spiro atoms. The van der Waals surface area contributed by atoms with Gasteiger partial charge in [-0.1, -0.05) is 0 Å². The van der Waals surface area contributed by atoms with Crippen molar-refractivity contribution in [1.29, 1.82) is 0 Å². The maximum absolute atomic E-state index is 11.5. The van der Waals surface area contributed by atoms with Gasteiger partial charge in [-0.3, -0.25) is 9.52 Å². The summed E-state index contributed by atoms with van der Waals surface area (Å²) in [4.78, 5) is 10.8. The Hall–Kier alpha value is -1.70. The normalized spacial score (nSPS) is 10.9. The Morgan fingerprint density at radius 3 is 2.88 bits per heavy atom. The second kappa shape index (κ2) is 6.14. The van der Waals surface area contributed by atoms with Crippen LogP contribution in [0.25, 0.3) is 0 Å². The van der Waals surface area contributed by atoms with E-state index in [2.05, 4.69) is 19.7 Å². The summed E-state index contributed by atoms with van der Waals surface area (Å²) < 4.78 is 29.7. The Kier molecular flexibility index (Phi) is 4.83. The maximum Gasteiger partial charge on any atom is 0.305 e. The van der Waals surface area contributed by atoms with Crippen molar-refractivity contribution in [1.82, 2.24) is 10.2 Å². The summed E-state index contributed by atoms with van der Waals surface area (Å²) >= 11 is 0. The molecule has 0 aromatic carbocycles. The molecule has 8 heteroatoms. The van der Waals surface area contributed by atoms with Crippen LogP contribution in [0.3, 0.4) is 0 Å². The number of carbonyl (C=O) groups excluding carboxylic acids is 1. The lowest BCUT2D eigenvalue weighted by Crippen LogP contribution is -2.18. The SMILES string of the molecule is COC(=O)CCCS(=O)(=O)Nc1cccnn1. The Bertz CT molecular complexity index is 460.